The largest absolute Gasteiger partial charge is 0.412 e. The molecule has 28 heavy (non-hydrogen) atoms. The molecule has 0 radical (unpaired) electrons. The molecular formula is C21H35NO4SSi. The molecule has 0 aromatic heterocycles. The molecule has 0 saturated carbocycles. The average Bonchev–Trinajstić information content (AvgIpc) is 2.59. The molecule has 1 aromatic rings. The fourth-order valence-corrected chi connectivity index (χ4v) is 6.20. The van der Waals surface area contributed by atoms with Crippen molar-refractivity contribution < 1.29 is 18.0 Å². The highest BCUT2D eigenvalue weighted by atomic mass is 32.2. The third-order valence-corrected chi connectivity index (χ3v) is 12.3. The minimum absolute atomic E-state index is 0.0380. The normalized spacial score (nSPS) is 22.7. The molecule has 0 bridgehead atoms. The molecule has 1 fully saturated rings. The van der Waals surface area contributed by atoms with Gasteiger partial charge in [0.05, 0.1) is 23.6 Å². The van der Waals surface area contributed by atoms with Crippen LogP contribution in [0.5, 0.6) is 0 Å². The predicted octanol–water partition coefficient (Wildman–Crippen LogP) is 4.09. The van der Waals surface area contributed by atoms with Crippen LogP contribution >= 0.6 is 0 Å². The Morgan fingerprint density at radius 2 is 1.86 bits per heavy atom. The van der Waals surface area contributed by atoms with Gasteiger partial charge in [0, 0.05) is 6.54 Å². The van der Waals surface area contributed by atoms with Gasteiger partial charge >= 0.3 is 0 Å². The maximum Gasteiger partial charge on any atom is 0.243 e. The summed E-state index contributed by atoms with van der Waals surface area (Å²) in [6, 6.07) is 6.55. The van der Waals surface area contributed by atoms with Gasteiger partial charge in [0.2, 0.25) is 10.0 Å². The number of rotatable bonds is 6. The first-order valence-corrected chi connectivity index (χ1v) is 14.3. The van der Waals surface area contributed by atoms with Gasteiger partial charge in [-0.2, -0.15) is 4.31 Å². The Labute approximate surface area is 171 Å². The van der Waals surface area contributed by atoms with Crippen molar-refractivity contribution in [2.75, 3.05) is 13.2 Å². The lowest BCUT2D eigenvalue weighted by atomic mass is 10.0. The van der Waals surface area contributed by atoms with Crippen molar-refractivity contribution in [1.82, 2.24) is 4.31 Å². The van der Waals surface area contributed by atoms with Crippen LogP contribution in [-0.2, 0) is 14.4 Å². The zero-order valence-corrected chi connectivity index (χ0v) is 19.8. The third-order valence-electron chi connectivity index (χ3n) is 5.90. The van der Waals surface area contributed by atoms with Gasteiger partial charge in [-0.05, 0) is 50.0 Å². The molecule has 1 aliphatic heterocycles. The van der Waals surface area contributed by atoms with Gasteiger partial charge in [-0.3, -0.25) is 0 Å². The van der Waals surface area contributed by atoms with Crippen molar-refractivity contribution in [3.8, 4) is 0 Å². The van der Waals surface area contributed by atoms with E-state index < -0.39 is 24.4 Å². The molecule has 5 nitrogen and oxygen atoms in total. The monoisotopic (exact) mass is 425 g/mol. The lowest BCUT2D eigenvalue weighted by molar-refractivity contribution is 0.0823. The first-order chi connectivity index (χ1) is 12.9. The molecule has 1 aromatic carbocycles. The fourth-order valence-electron chi connectivity index (χ4n) is 3.18. The summed E-state index contributed by atoms with van der Waals surface area (Å²) in [5.41, 5.74) is 1.02. The number of aliphatic hydroxyl groups is 1. The number of hydrogen-bond donors (Lipinski definition) is 1. The van der Waals surface area contributed by atoms with Gasteiger partial charge in [-0.1, -0.05) is 50.6 Å². The SMILES string of the molecule is Cc1ccc(S(=O)(=O)N2CCC[C@H](O[Si](C)(C)C(C)(C)C)[C@H]2/C=C\CO)cc1. The number of piperidine rings is 1. The maximum atomic E-state index is 13.4. The van der Waals surface area contributed by atoms with Crippen LogP contribution in [0.1, 0.15) is 39.2 Å². The highest BCUT2D eigenvalue weighted by Gasteiger charge is 2.44. The second-order valence-corrected chi connectivity index (χ2v) is 15.7. The average molecular weight is 426 g/mol. The third kappa shape index (κ3) is 5.13. The molecule has 0 amide bonds. The molecule has 2 rings (SSSR count). The molecule has 7 heteroatoms. The lowest BCUT2D eigenvalue weighted by Crippen LogP contribution is -2.55. The van der Waals surface area contributed by atoms with Gasteiger partial charge < -0.3 is 9.53 Å². The van der Waals surface area contributed by atoms with E-state index in [2.05, 4.69) is 33.9 Å². The molecule has 2 atom stereocenters. The quantitative estimate of drug-likeness (QED) is 0.551. The molecule has 1 saturated heterocycles. The van der Waals surface area contributed by atoms with Crippen LogP contribution in [0.15, 0.2) is 41.3 Å². The molecule has 1 N–H and O–H groups in total. The summed E-state index contributed by atoms with van der Waals surface area (Å²) < 4.78 is 34.9. The van der Waals surface area contributed by atoms with Gasteiger partial charge in [-0.15, -0.1) is 0 Å². The Balaban J connectivity index is 2.40. The topological polar surface area (TPSA) is 66.8 Å². The van der Waals surface area contributed by atoms with E-state index >= 15 is 0 Å². The first-order valence-electron chi connectivity index (χ1n) is 9.94. The Morgan fingerprint density at radius 1 is 1.25 bits per heavy atom. The van der Waals surface area contributed by atoms with Crippen LogP contribution in [0, 0.1) is 6.92 Å². The van der Waals surface area contributed by atoms with E-state index in [-0.39, 0.29) is 17.7 Å². The summed E-state index contributed by atoms with van der Waals surface area (Å²) in [4.78, 5) is 0.300. The van der Waals surface area contributed by atoms with E-state index in [0.717, 1.165) is 18.4 Å². The van der Waals surface area contributed by atoms with Crippen molar-refractivity contribution in [2.45, 2.75) is 75.7 Å². The van der Waals surface area contributed by atoms with Gasteiger partial charge in [0.15, 0.2) is 8.32 Å². The Hall–Kier alpha value is -0.993. The second-order valence-electron chi connectivity index (χ2n) is 9.09. The highest BCUT2D eigenvalue weighted by molar-refractivity contribution is 7.89. The van der Waals surface area contributed by atoms with E-state index in [9.17, 15) is 13.5 Å². The maximum absolute atomic E-state index is 13.4. The molecule has 1 aliphatic rings. The summed E-state index contributed by atoms with van der Waals surface area (Å²) in [6.07, 6.45) is 4.77. The number of aryl methyl sites for hydroxylation is 1. The van der Waals surface area contributed by atoms with E-state index in [0.29, 0.717) is 11.4 Å². The van der Waals surface area contributed by atoms with Crippen LogP contribution in [0.25, 0.3) is 0 Å². The summed E-state index contributed by atoms with van der Waals surface area (Å²) in [5, 5.41) is 9.33. The Bertz CT molecular complexity index is 782. The van der Waals surface area contributed by atoms with Gasteiger partial charge in [0.25, 0.3) is 0 Å². The van der Waals surface area contributed by atoms with E-state index in [1.165, 1.54) is 0 Å². The first kappa shape index (κ1) is 23.3. The van der Waals surface area contributed by atoms with E-state index in [4.69, 9.17) is 4.43 Å². The summed E-state index contributed by atoms with van der Waals surface area (Å²) >= 11 is 0. The second kappa shape index (κ2) is 8.79. The summed E-state index contributed by atoms with van der Waals surface area (Å²) in [6.45, 7) is 13.2. The van der Waals surface area contributed by atoms with Gasteiger partial charge in [-0.25, -0.2) is 8.42 Å². The zero-order valence-electron chi connectivity index (χ0n) is 18.0. The number of sulfonamides is 1. The molecule has 1 heterocycles. The molecule has 0 aliphatic carbocycles. The van der Waals surface area contributed by atoms with Crippen molar-refractivity contribution >= 4 is 18.3 Å². The smallest absolute Gasteiger partial charge is 0.243 e. The molecule has 0 unspecified atom stereocenters. The fraction of sp³-hybridized carbons (Fsp3) is 0.619. The van der Waals surface area contributed by atoms with E-state index in [1.54, 1.807) is 28.6 Å². The van der Waals surface area contributed by atoms with Crippen molar-refractivity contribution in [1.29, 1.82) is 0 Å². The zero-order chi connectivity index (χ0) is 21.2. The van der Waals surface area contributed by atoms with Crippen LogP contribution in [0.3, 0.4) is 0 Å². The number of benzene rings is 1. The molecular weight excluding hydrogens is 390 g/mol. The minimum atomic E-state index is -3.65. The highest BCUT2D eigenvalue weighted by Crippen LogP contribution is 2.40. The lowest BCUT2D eigenvalue weighted by Gasteiger charge is -2.45. The predicted molar refractivity (Wildman–Crippen MR) is 116 cm³/mol. The van der Waals surface area contributed by atoms with Crippen molar-refractivity contribution in [3.63, 3.8) is 0 Å². The van der Waals surface area contributed by atoms with Crippen LogP contribution in [0.2, 0.25) is 18.1 Å². The minimum Gasteiger partial charge on any atom is -0.412 e. The van der Waals surface area contributed by atoms with Crippen LogP contribution in [0.4, 0.5) is 0 Å². The number of hydrogen-bond acceptors (Lipinski definition) is 4. The number of aliphatic hydroxyl groups excluding tert-OH is 1. The Morgan fingerprint density at radius 3 is 2.39 bits per heavy atom. The van der Waals surface area contributed by atoms with Crippen molar-refractivity contribution in [2.24, 2.45) is 0 Å². The summed E-state index contributed by atoms with van der Waals surface area (Å²) in [7, 11) is -5.71. The summed E-state index contributed by atoms with van der Waals surface area (Å²) in [5.74, 6) is 0. The van der Waals surface area contributed by atoms with Crippen molar-refractivity contribution in [3.05, 3.63) is 42.0 Å². The number of nitrogens with zero attached hydrogens (tertiary/aromatic N) is 1. The Kier molecular flexibility index (Phi) is 7.31. The van der Waals surface area contributed by atoms with Crippen LogP contribution < -0.4 is 0 Å². The van der Waals surface area contributed by atoms with Crippen LogP contribution in [-0.4, -0.2) is 51.4 Å². The van der Waals surface area contributed by atoms with Gasteiger partial charge in [0.1, 0.15) is 0 Å². The van der Waals surface area contributed by atoms with E-state index in [1.807, 2.05) is 19.1 Å². The molecule has 0 spiro atoms. The standard InChI is InChI=1S/C21H35NO4SSi/c1-17-11-13-18(14-12-17)27(24,25)22-15-7-10-20(19(22)9-8-16-23)26-28(5,6)21(2,3)4/h8-9,11-14,19-20,23H,7,10,15-16H2,1-6H3/b9-8-/t19-,20+/m1/s1. The molecule has 158 valence electrons.